The first-order valence-electron chi connectivity index (χ1n) is 11.3. The van der Waals surface area contributed by atoms with E-state index in [0.717, 1.165) is 10.0 Å². The van der Waals surface area contributed by atoms with Crippen LogP contribution in [0.1, 0.15) is 25.0 Å². The van der Waals surface area contributed by atoms with Gasteiger partial charge in [0.1, 0.15) is 11.8 Å². The average molecular weight is 613 g/mol. The summed E-state index contributed by atoms with van der Waals surface area (Å²) in [4.78, 5) is 28.5. The first-order chi connectivity index (χ1) is 17.1. The predicted molar refractivity (Wildman–Crippen MR) is 149 cm³/mol. The molecule has 9 heteroatoms. The van der Waals surface area contributed by atoms with E-state index in [9.17, 15) is 9.59 Å². The molecule has 0 heterocycles. The van der Waals surface area contributed by atoms with Gasteiger partial charge in [-0.05, 0) is 55.3 Å². The van der Waals surface area contributed by atoms with Crippen LogP contribution in [0.25, 0.3) is 0 Å². The van der Waals surface area contributed by atoms with Crippen LogP contribution < -0.4 is 10.1 Å². The zero-order valence-electron chi connectivity index (χ0n) is 19.8. The van der Waals surface area contributed by atoms with Gasteiger partial charge >= 0.3 is 0 Å². The fraction of sp³-hybridized carbons (Fsp3) is 0.259. The number of nitrogens with one attached hydrogen (secondary N) is 1. The van der Waals surface area contributed by atoms with Crippen LogP contribution in [0.2, 0.25) is 15.1 Å². The molecule has 0 aromatic heterocycles. The van der Waals surface area contributed by atoms with Gasteiger partial charge in [0.15, 0.2) is 6.61 Å². The lowest BCUT2D eigenvalue weighted by Crippen LogP contribution is -2.52. The van der Waals surface area contributed by atoms with Crippen LogP contribution in [0.3, 0.4) is 0 Å². The molecule has 1 N–H and O–H groups in total. The third-order valence-corrected chi connectivity index (χ3v) is 6.68. The van der Waals surface area contributed by atoms with Crippen LogP contribution in [0, 0.1) is 0 Å². The third-order valence-electron chi connectivity index (χ3n) is 5.30. The number of hydrogen-bond donors (Lipinski definition) is 1. The summed E-state index contributed by atoms with van der Waals surface area (Å²) in [7, 11) is 0. The van der Waals surface area contributed by atoms with Crippen LogP contribution in [0.4, 0.5) is 0 Å². The van der Waals surface area contributed by atoms with Crippen LogP contribution in [-0.4, -0.2) is 35.4 Å². The highest BCUT2D eigenvalue weighted by atomic mass is 79.9. The van der Waals surface area contributed by atoms with E-state index >= 15 is 0 Å². The molecule has 36 heavy (non-hydrogen) atoms. The molecule has 0 saturated heterocycles. The number of halogens is 4. The predicted octanol–water partition coefficient (Wildman–Crippen LogP) is 6.95. The Kier molecular flexibility index (Phi) is 10.5. The SMILES string of the molecule is CC(C)NC(=O)C(Cc1ccccc1)N(Cc1ccc(Cl)cc1Cl)C(=O)COc1ccc(Br)cc1Cl. The minimum absolute atomic E-state index is 0.0925. The minimum Gasteiger partial charge on any atom is -0.482 e. The van der Waals surface area contributed by atoms with E-state index in [0.29, 0.717) is 32.8 Å². The highest BCUT2D eigenvalue weighted by molar-refractivity contribution is 9.10. The molecule has 3 rings (SSSR count). The van der Waals surface area contributed by atoms with Crippen molar-refractivity contribution in [2.75, 3.05) is 6.61 Å². The second-order valence-corrected chi connectivity index (χ2v) is 10.7. The number of rotatable bonds is 10. The van der Waals surface area contributed by atoms with Crippen molar-refractivity contribution >= 4 is 62.5 Å². The van der Waals surface area contributed by atoms with Crippen molar-refractivity contribution in [1.29, 1.82) is 0 Å². The van der Waals surface area contributed by atoms with E-state index in [-0.39, 0.29) is 31.0 Å². The summed E-state index contributed by atoms with van der Waals surface area (Å²) in [5, 5.41) is 4.19. The highest BCUT2D eigenvalue weighted by Gasteiger charge is 2.31. The van der Waals surface area contributed by atoms with Gasteiger partial charge in [0.25, 0.3) is 5.91 Å². The van der Waals surface area contributed by atoms with Crippen LogP contribution in [0.15, 0.2) is 71.2 Å². The fourth-order valence-electron chi connectivity index (χ4n) is 3.58. The summed E-state index contributed by atoms with van der Waals surface area (Å²) in [6.07, 6.45) is 0.315. The van der Waals surface area contributed by atoms with Gasteiger partial charge in [0.2, 0.25) is 5.91 Å². The summed E-state index contributed by atoms with van der Waals surface area (Å²) in [5.41, 5.74) is 1.57. The van der Waals surface area contributed by atoms with Crippen molar-refractivity contribution < 1.29 is 14.3 Å². The number of carbonyl (C=O) groups excluding carboxylic acids is 2. The van der Waals surface area contributed by atoms with Crippen LogP contribution in [0.5, 0.6) is 5.75 Å². The van der Waals surface area contributed by atoms with Crippen molar-refractivity contribution in [2.45, 2.75) is 38.9 Å². The summed E-state index contributed by atoms with van der Waals surface area (Å²) in [6.45, 7) is 3.53. The lowest BCUT2D eigenvalue weighted by Gasteiger charge is -2.32. The maximum Gasteiger partial charge on any atom is 0.261 e. The molecule has 190 valence electrons. The van der Waals surface area contributed by atoms with Crippen molar-refractivity contribution in [2.24, 2.45) is 0 Å². The number of hydrogen-bond acceptors (Lipinski definition) is 3. The molecule has 0 aliphatic rings. The van der Waals surface area contributed by atoms with E-state index in [4.69, 9.17) is 39.5 Å². The fourth-order valence-corrected chi connectivity index (χ4v) is 4.78. The molecule has 2 amide bonds. The Morgan fingerprint density at radius 3 is 2.33 bits per heavy atom. The van der Waals surface area contributed by atoms with Gasteiger partial charge in [-0.15, -0.1) is 0 Å². The summed E-state index contributed by atoms with van der Waals surface area (Å²) in [6, 6.07) is 18.8. The molecule has 0 spiro atoms. The smallest absolute Gasteiger partial charge is 0.261 e. The first kappa shape index (κ1) is 28.3. The molecule has 0 aliphatic carbocycles. The summed E-state index contributed by atoms with van der Waals surface area (Å²) in [5.74, 6) is -0.294. The average Bonchev–Trinajstić information content (AvgIpc) is 2.82. The maximum atomic E-state index is 13.6. The third kappa shape index (κ3) is 8.13. The van der Waals surface area contributed by atoms with Crippen molar-refractivity contribution in [3.8, 4) is 5.75 Å². The lowest BCUT2D eigenvalue weighted by atomic mass is 10.0. The molecular weight excluding hydrogens is 587 g/mol. The van der Waals surface area contributed by atoms with E-state index in [1.807, 2.05) is 44.2 Å². The Labute approximate surface area is 234 Å². The molecule has 0 fully saturated rings. The largest absolute Gasteiger partial charge is 0.482 e. The molecule has 0 radical (unpaired) electrons. The van der Waals surface area contributed by atoms with Gasteiger partial charge in [-0.2, -0.15) is 0 Å². The topological polar surface area (TPSA) is 58.6 Å². The van der Waals surface area contributed by atoms with E-state index in [1.165, 1.54) is 4.90 Å². The monoisotopic (exact) mass is 610 g/mol. The van der Waals surface area contributed by atoms with E-state index in [1.54, 1.807) is 36.4 Å². The van der Waals surface area contributed by atoms with E-state index in [2.05, 4.69) is 21.2 Å². The zero-order valence-corrected chi connectivity index (χ0v) is 23.7. The Bertz CT molecular complexity index is 1210. The van der Waals surface area contributed by atoms with Gasteiger partial charge in [0.05, 0.1) is 5.02 Å². The zero-order chi connectivity index (χ0) is 26.2. The molecule has 0 aliphatic heterocycles. The Morgan fingerprint density at radius 1 is 0.972 bits per heavy atom. The molecule has 5 nitrogen and oxygen atoms in total. The standard InChI is InChI=1S/C27H26BrCl3N2O3/c1-17(2)32-27(35)24(12-18-6-4-3-5-7-18)33(15-19-8-10-21(29)14-22(19)30)26(34)16-36-25-11-9-20(28)13-23(25)31/h3-11,13-14,17,24H,12,15-16H2,1-2H3,(H,32,35). The minimum atomic E-state index is -0.807. The Balaban J connectivity index is 1.95. The summed E-state index contributed by atoms with van der Waals surface area (Å²) >= 11 is 22.1. The normalized spacial score (nSPS) is 11.8. The lowest BCUT2D eigenvalue weighted by molar-refractivity contribution is -0.143. The molecule has 0 bridgehead atoms. The highest BCUT2D eigenvalue weighted by Crippen LogP contribution is 2.28. The number of nitrogens with zero attached hydrogens (tertiary/aromatic N) is 1. The van der Waals surface area contributed by atoms with Crippen molar-refractivity contribution in [3.05, 3.63) is 97.4 Å². The van der Waals surface area contributed by atoms with Crippen molar-refractivity contribution in [1.82, 2.24) is 10.2 Å². The molecule has 1 unspecified atom stereocenters. The molecule has 1 atom stereocenters. The quantitative estimate of drug-likeness (QED) is 0.270. The van der Waals surface area contributed by atoms with Crippen molar-refractivity contribution in [3.63, 3.8) is 0 Å². The number of ether oxygens (including phenoxy) is 1. The van der Waals surface area contributed by atoms with E-state index < -0.39 is 6.04 Å². The van der Waals surface area contributed by atoms with Gasteiger partial charge in [-0.3, -0.25) is 9.59 Å². The van der Waals surface area contributed by atoms with Gasteiger partial charge in [-0.1, -0.05) is 87.1 Å². The second-order valence-electron chi connectivity index (χ2n) is 8.49. The molecule has 3 aromatic carbocycles. The van der Waals surface area contributed by atoms with Gasteiger partial charge < -0.3 is 15.0 Å². The second kappa shape index (κ2) is 13.3. The van der Waals surface area contributed by atoms with Crippen LogP contribution in [-0.2, 0) is 22.6 Å². The Hall–Kier alpha value is -2.25. The maximum absolute atomic E-state index is 13.6. The summed E-state index contributed by atoms with van der Waals surface area (Å²) < 4.78 is 6.54. The number of carbonyl (C=O) groups is 2. The Morgan fingerprint density at radius 2 is 1.69 bits per heavy atom. The van der Waals surface area contributed by atoms with Gasteiger partial charge in [0, 0.05) is 33.5 Å². The van der Waals surface area contributed by atoms with Gasteiger partial charge in [-0.25, -0.2) is 0 Å². The number of amides is 2. The molecular formula is C27H26BrCl3N2O3. The van der Waals surface area contributed by atoms with Crippen LogP contribution >= 0.6 is 50.7 Å². The molecule has 3 aromatic rings. The first-order valence-corrected chi connectivity index (χ1v) is 13.2. The number of benzene rings is 3. The molecule has 0 saturated carbocycles.